The van der Waals surface area contributed by atoms with Crippen LogP contribution in [0.1, 0.15) is 37.7 Å². The van der Waals surface area contributed by atoms with Gasteiger partial charge in [0.05, 0.1) is 12.5 Å². The Labute approximate surface area is 148 Å². The van der Waals surface area contributed by atoms with E-state index in [1.54, 1.807) is 7.11 Å². The van der Waals surface area contributed by atoms with E-state index >= 15 is 0 Å². The molecule has 0 spiro atoms. The Hall–Kier alpha value is -2.00. The van der Waals surface area contributed by atoms with E-state index in [0.29, 0.717) is 5.02 Å². The van der Waals surface area contributed by atoms with E-state index in [9.17, 15) is 4.79 Å². The summed E-state index contributed by atoms with van der Waals surface area (Å²) in [6.07, 6.45) is 4.92. The molecule has 3 nitrogen and oxygen atoms in total. The number of methoxy groups -OCH3 is 1. The van der Waals surface area contributed by atoms with Crippen molar-refractivity contribution in [2.45, 2.75) is 37.5 Å². The number of amides is 1. The van der Waals surface area contributed by atoms with Crippen LogP contribution in [0.2, 0.25) is 5.02 Å². The third-order valence-electron chi connectivity index (χ3n) is 4.88. The van der Waals surface area contributed by atoms with Crippen LogP contribution in [-0.2, 0) is 10.2 Å². The van der Waals surface area contributed by atoms with Gasteiger partial charge < -0.3 is 10.1 Å². The molecule has 2 aromatic carbocycles. The minimum atomic E-state index is -0.545. The van der Waals surface area contributed by atoms with Crippen LogP contribution in [0.4, 0.5) is 5.69 Å². The Morgan fingerprint density at radius 1 is 1.04 bits per heavy atom. The Morgan fingerprint density at radius 3 is 2.33 bits per heavy atom. The molecule has 1 saturated carbocycles. The molecule has 0 aliphatic heterocycles. The number of nitrogens with one attached hydrogen (secondary N) is 1. The highest BCUT2D eigenvalue weighted by Crippen LogP contribution is 2.43. The zero-order chi connectivity index (χ0) is 17.0. The average Bonchev–Trinajstić information content (AvgIpc) is 2.63. The fourth-order valence-electron chi connectivity index (χ4n) is 3.55. The molecule has 3 rings (SSSR count). The van der Waals surface area contributed by atoms with Gasteiger partial charge in [0.2, 0.25) is 5.91 Å². The van der Waals surface area contributed by atoms with Crippen LogP contribution in [0, 0.1) is 0 Å². The lowest BCUT2D eigenvalue weighted by molar-refractivity contribution is -0.122. The second-order valence-electron chi connectivity index (χ2n) is 6.31. The number of carbonyl (C=O) groups excluding carboxylic acids is 1. The zero-order valence-electron chi connectivity index (χ0n) is 13.8. The second-order valence-corrected chi connectivity index (χ2v) is 6.71. The highest BCUT2D eigenvalue weighted by atomic mass is 35.5. The quantitative estimate of drug-likeness (QED) is 0.829. The summed E-state index contributed by atoms with van der Waals surface area (Å²) in [7, 11) is 1.63. The molecular formula is C20H22ClNO2. The summed E-state index contributed by atoms with van der Waals surface area (Å²) >= 11 is 6.44. The summed E-state index contributed by atoms with van der Waals surface area (Å²) in [6.45, 7) is 0. The first-order valence-electron chi connectivity index (χ1n) is 8.36. The molecule has 1 aliphatic rings. The molecule has 1 amide bonds. The van der Waals surface area contributed by atoms with E-state index in [4.69, 9.17) is 16.3 Å². The molecule has 24 heavy (non-hydrogen) atoms. The lowest BCUT2D eigenvalue weighted by Crippen LogP contribution is -2.42. The van der Waals surface area contributed by atoms with E-state index < -0.39 is 5.41 Å². The van der Waals surface area contributed by atoms with E-state index in [-0.39, 0.29) is 5.91 Å². The van der Waals surface area contributed by atoms with Crippen molar-refractivity contribution < 1.29 is 9.53 Å². The maximum Gasteiger partial charge on any atom is 0.235 e. The first kappa shape index (κ1) is 16.8. The minimum absolute atomic E-state index is 0.0282. The molecule has 0 atom stereocenters. The van der Waals surface area contributed by atoms with Gasteiger partial charge in [0, 0.05) is 10.7 Å². The molecule has 0 radical (unpaired) electrons. The van der Waals surface area contributed by atoms with Crippen molar-refractivity contribution >= 4 is 23.2 Å². The third kappa shape index (κ3) is 3.27. The summed E-state index contributed by atoms with van der Waals surface area (Å²) < 4.78 is 5.17. The van der Waals surface area contributed by atoms with E-state index in [1.807, 2.05) is 48.5 Å². The zero-order valence-corrected chi connectivity index (χ0v) is 14.6. The largest absolute Gasteiger partial charge is 0.497 e. The number of halogens is 1. The van der Waals surface area contributed by atoms with Gasteiger partial charge in [0.1, 0.15) is 5.75 Å². The van der Waals surface area contributed by atoms with Crippen molar-refractivity contribution in [2.75, 3.05) is 12.4 Å². The monoisotopic (exact) mass is 343 g/mol. The number of hydrogen-bond acceptors (Lipinski definition) is 2. The molecule has 4 heteroatoms. The SMILES string of the molecule is COc1ccc(NC(=O)C2(c3ccccc3Cl)CCCCC2)cc1. The number of benzene rings is 2. The molecule has 2 aromatic rings. The van der Waals surface area contributed by atoms with Gasteiger partial charge in [0.15, 0.2) is 0 Å². The van der Waals surface area contributed by atoms with Gasteiger partial charge >= 0.3 is 0 Å². The maximum absolute atomic E-state index is 13.2. The second kappa shape index (κ2) is 7.27. The van der Waals surface area contributed by atoms with Crippen LogP contribution in [0.15, 0.2) is 48.5 Å². The number of rotatable bonds is 4. The molecule has 0 aromatic heterocycles. The fraction of sp³-hybridized carbons (Fsp3) is 0.350. The van der Waals surface area contributed by atoms with Crippen LogP contribution < -0.4 is 10.1 Å². The molecule has 0 unspecified atom stereocenters. The predicted molar refractivity (Wildman–Crippen MR) is 97.8 cm³/mol. The van der Waals surface area contributed by atoms with Crippen molar-refractivity contribution in [3.63, 3.8) is 0 Å². The van der Waals surface area contributed by atoms with E-state index in [1.165, 1.54) is 6.42 Å². The van der Waals surface area contributed by atoms with Crippen LogP contribution >= 0.6 is 11.6 Å². The van der Waals surface area contributed by atoms with Crippen molar-refractivity contribution in [3.8, 4) is 5.75 Å². The Morgan fingerprint density at radius 2 is 1.71 bits per heavy atom. The molecule has 126 valence electrons. The number of ether oxygens (including phenoxy) is 1. The smallest absolute Gasteiger partial charge is 0.235 e. The van der Waals surface area contributed by atoms with Gasteiger partial charge in [-0.25, -0.2) is 0 Å². The first-order valence-corrected chi connectivity index (χ1v) is 8.74. The molecular weight excluding hydrogens is 322 g/mol. The van der Waals surface area contributed by atoms with E-state index in [2.05, 4.69) is 5.32 Å². The molecule has 1 N–H and O–H groups in total. The van der Waals surface area contributed by atoms with Gasteiger partial charge in [-0.05, 0) is 48.7 Å². The molecule has 0 bridgehead atoms. The Balaban J connectivity index is 1.90. The number of carbonyl (C=O) groups is 1. The topological polar surface area (TPSA) is 38.3 Å². The Kier molecular flexibility index (Phi) is 5.10. The van der Waals surface area contributed by atoms with E-state index in [0.717, 1.165) is 42.7 Å². The van der Waals surface area contributed by atoms with Gasteiger partial charge in [-0.3, -0.25) is 4.79 Å². The predicted octanol–water partition coefficient (Wildman–Crippen LogP) is 5.19. The summed E-state index contributed by atoms with van der Waals surface area (Å²) in [5.74, 6) is 0.798. The summed E-state index contributed by atoms with van der Waals surface area (Å²) in [4.78, 5) is 13.2. The third-order valence-corrected chi connectivity index (χ3v) is 5.21. The van der Waals surface area contributed by atoms with Crippen LogP contribution in [0.5, 0.6) is 5.75 Å². The van der Waals surface area contributed by atoms with Crippen LogP contribution in [0.25, 0.3) is 0 Å². The number of hydrogen-bond donors (Lipinski definition) is 1. The lowest BCUT2D eigenvalue weighted by atomic mass is 9.68. The molecule has 1 aliphatic carbocycles. The van der Waals surface area contributed by atoms with Crippen LogP contribution in [-0.4, -0.2) is 13.0 Å². The van der Waals surface area contributed by atoms with Gasteiger partial charge in [-0.2, -0.15) is 0 Å². The van der Waals surface area contributed by atoms with Crippen LogP contribution in [0.3, 0.4) is 0 Å². The fourth-order valence-corrected chi connectivity index (χ4v) is 3.87. The average molecular weight is 344 g/mol. The van der Waals surface area contributed by atoms with Crippen molar-refractivity contribution in [3.05, 3.63) is 59.1 Å². The summed E-state index contributed by atoms with van der Waals surface area (Å²) in [5, 5.41) is 3.75. The lowest BCUT2D eigenvalue weighted by Gasteiger charge is -2.37. The van der Waals surface area contributed by atoms with Gasteiger partial charge in [0.25, 0.3) is 0 Å². The number of anilines is 1. The first-order chi connectivity index (χ1) is 11.7. The minimum Gasteiger partial charge on any atom is -0.497 e. The van der Waals surface area contributed by atoms with Crippen molar-refractivity contribution in [1.29, 1.82) is 0 Å². The summed E-state index contributed by atoms with van der Waals surface area (Å²) in [6, 6.07) is 15.1. The van der Waals surface area contributed by atoms with Crippen molar-refractivity contribution in [1.82, 2.24) is 0 Å². The molecule has 0 heterocycles. The standard InChI is InChI=1S/C20H22ClNO2/c1-24-16-11-9-15(10-12-16)22-19(23)20(13-5-2-6-14-20)17-7-3-4-8-18(17)21/h3-4,7-12H,2,5-6,13-14H2,1H3,(H,22,23). The van der Waals surface area contributed by atoms with Crippen molar-refractivity contribution in [2.24, 2.45) is 0 Å². The normalized spacial score (nSPS) is 16.4. The summed E-state index contributed by atoms with van der Waals surface area (Å²) in [5.41, 5.74) is 1.17. The molecule has 0 saturated heterocycles. The Bertz CT molecular complexity index is 706. The van der Waals surface area contributed by atoms with Gasteiger partial charge in [-0.15, -0.1) is 0 Å². The highest BCUT2D eigenvalue weighted by Gasteiger charge is 2.42. The van der Waals surface area contributed by atoms with Gasteiger partial charge in [-0.1, -0.05) is 49.1 Å². The highest BCUT2D eigenvalue weighted by molar-refractivity contribution is 6.31. The maximum atomic E-state index is 13.2. The molecule has 1 fully saturated rings.